The molecular formula is C44H24N6O2. The zero-order valence-electron chi connectivity index (χ0n) is 27.4. The first kappa shape index (κ1) is 27.5. The first-order valence-electron chi connectivity index (χ1n) is 17.1. The van der Waals surface area contributed by atoms with Gasteiger partial charge in [-0.15, -0.1) is 0 Å². The molecule has 8 nitrogen and oxygen atoms in total. The maximum Gasteiger partial charge on any atom is 0.240 e. The van der Waals surface area contributed by atoms with Gasteiger partial charge in [0.2, 0.25) is 11.9 Å². The SMILES string of the molecule is c1cncc(-c2nc(-n3c4ccccc4c4ccc5c6ccccc6oc5c43)nc(-n3c4ccccc4c4ccc5c6ccccc6oc5c43)n2)c1. The molecule has 0 saturated carbocycles. The van der Waals surface area contributed by atoms with Gasteiger partial charge in [0.25, 0.3) is 0 Å². The summed E-state index contributed by atoms with van der Waals surface area (Å²) in [7, 11) is 0. The third kappa shape index (κ3) is 3.64. The summed E-state index contributed by atoms with van der Waals surface area (Å²) in [6.07, 6.45) is 3.54. The Morgan fingerprint density at radius 1 is 0.404 bits per heavy atom. The Morgan fingerprint density at radius 3 is 1.40 bits per heavy atom. The van der Waals surface area contributed by atoms with Crippen LogP contribution in [-0.4, -0.2) is 29.1 Å². The molecule has 12 rings (SSSR count). The molecule has 0 bridgehead atoms. The second-order valence-corrected chi connectivity index (χ2v) is 13.1. The number of furan rings is 2. The molecule has 8 heteroatoms. The summed E-state index contributed by atoms with van der Waals surface area (Å²) in [5.41, 5.74) is 7.70. The molecule has 52 heavy (non-hydrogen) atoms. The summed E-state index contributed by atoms with van der Waals surface area (Å²) in [4.78, 5) is 20.2. The molecule has 0 atom stereocenters. The molecule has 12 aromatic rings. The van der Waals surface area contributed by atoms with Crippen LogP contribution < -0.4 is 0 Å². The van der Waals surface area contributed by atoms with Gasteiger partial charge in [0.05, 0.1) is 11.0 Å². The van der Waals surface area contributed by atoms with E-state index in [1.165, 1.54) is 0 Å². The van der Waals surface area contributed by atoms with Crippen molar-refractivity contribution in [2.75, 3.05) is 0 Å². The molecule has 0 unspecified atom stereocenters. The first-order valence-corrected chi connectivity index (χ1v) is 17.1. The van der Waals surface area contributed by atoms with Gasteiger partial charge in [-0.3, -0.25) is 14.1 Å². The maximum atomic E-state index is 6.65. The summed E-state index contributed by atoms with van der Waals surface area (Å²) in [6.45, 7) is 0. The van der Waals surface area contributed by atoms with Gasteiger partial charge in [0, 0.05) is 61.0 Å². The molecule has 0 N–H and O–H groups in total. The van der Waals surface area contributed by atoms with Gasteiger partial charge < -0.3 is 8.83 Å². The summed E-state index contributed by atoms with van der Waals surface area (Å²) >= 11 is 0. The Kier molecular flexibility index (Phi) is 5.35. The molecule has 0 aliphatic rings. The van der Waals surface area contributed by atoms with Crippen molar-refractivity contribution in [1.29, 1.82) is 0 Å². The second kappa shape index (κ2) is 10.1. The molecule has 0 spiro atoms. The van der Waals surface area contributed by atoms with Crippen molar-refractivity contribution < 1.29 is 8.83 Å². The Bertz CT molecular complexity index is 3220. The summed E-state index contributed by atoms with van der Waals surface area (Å²) in [6, 6.07) is 45.5. The molecule has 0 saturated heterocycles. The number of nitrogens with zero attached hydrogens (tertiary/aromatic N) is 6. The van der Waals surface area contributed by atoms with E-state index in [-0.39, 0.29) is 0 Å². The quantitative estimate of drug-likeness (QED) is 0.186. The fourth-order valence-corrected chi connectivity index (χ4v) is 8.06. The number of fused-ring (bicyclic) bond motifs is 14. The first-order chi connectivity index (χ1) is 25.8. The topological polar surface area (TPSA) is 87.7 Å². The molecule has 0 amide bonds. The van der Waals surface area contributed by atoms with Gasteiger partial charge in [-0.2, -0.15) is 15.0 Å². The van der Waals surface area contributed by atoms with Gasteiger partial charge in [-0.1, -0.05) is 84.9 Å². The highest BCUT2D eigenvalue weighted by Crippen LogP contribution is 2.42. The van der Waals surface area contributed by atoms with Gasteiger partial charge in [-0.25, -0.2) is 0 Å². The number of benzene rings is 6. The number of para-hydroxylation sites is 4. The van der Waals surface area contributed by atoms with Crippen molar-refractivity contribution in [2.45, 2.75) is 0 Å². The van der Waals surface area contributed by atoms with E-state index >= 15 is 0 Å². The van der Waals surface area contributed by atoms with E-state index < -0.39 is 0 Å². The minimum absolute atomic E-state index is 0.464. The fourth-order valence-electron chi connectivity index (χ4n) is 8.06. The molecule has 0 fully saturated rings. The van der Waals surface area contributed by atoms with Gasteiger partial charge in [0.1, 0.15) is 22.2 Å². The number of hydrogen-bond donors (Lipinski definition) is 0. The second-order valence-electron chi connectivity index (χ2n) is 13.1. The van der Waals surface area contributed by atoms with Crippen LogP contribution in [0.5, 0.6) is 0 Å². The number of pyridine rings is 1. The van der Waals surface area contributed by atoms with Crippen molar-refractivity contribution in [3.63, 3.8) is 0 Å². The van der Waals surface area contributed by atoms with E-state index in [1.807, 2.05) is 60.7 Å². The number of aromatic nitrogens is 6. The predicted octanol–water partition coefficient (Wildman–Crippen LogP) is 10.9. The van der Waals surface area contributed by atoms with Crippen molar-refractivity contribution in [1.82, 2.24) is 29.1 Å². The Balaban J connectivity index is 1.26. The van der Waals surface area contributed by atoms with Crippen LogP contribution in [0.3, 0.4) is 0 Å². The molecule has 242 valence electrons. The van der Waals surface area contributed by atoms with Crippen LogP contribution >= 0.6 is 0 Å². The lowest BCUT2D eigenvalue weighted by Crippen LogP contribution is -2.10. The van der Waals surface area contributed by atoms with Crippen LogP contribution in [0.15, 0.2) is 155 Å². The average molecular weight is 669 g/mol. The minimum atomic E-state index is 0.464. The van der Waals surface area contributed by atoms with Crippen LogP contribution in [0.25, 0.3) is 111 Å². The van der Waals surface area contributed by atoms with Crippen molar-refractivity contribution in [3.05, 3.63) is 146 Å². The molecule has 0 radical (unpaired) electrons. The van der Waals surface area contributed by atoms with Crippen molar-refractivity contribution >= 4 is 87.5 Å². The van der Waals surface area contributed by atoms with E-state index in [0.29, 0.717) is 17.7 Å². The van der Waals surface area contributed by atoms with Crippen molar-refractivity contribution in [2.24, 2.45) is 0 Å². The normalized spacial score (nSPS) is 12.2. The third-order valence-electron chi connectivity index (χ3n) is 10.3. The van der Waals surface area contributed by atoms with E-state index in [2.05, 4.69) is 86.9 Å². The molecule has 6 aromatic heterocycles. The average Bonchev–Trinajstić information content (AvgIpc) is 3.96. The largest absolute Gasteiger partial charge is 0.454 e. The Morgan fingerprint density at radius 2 is 0.885 bits per heavy atom. The van der Waals surface area contributed by atoms with E-state index in [1.54, 1.807) is 12.4 Å². The highest BCUT2D eigenvalue weighted by molar-refractivity contribution is 6.22. The molecule has 6 heterocycles. The van der Waals surface area contributed by atoms with Gasteiger partial charge in [-0.05, 0) is 48.5 Å². The summed E-state index contributed by atoms with van der Waals surface area (Å²) < 4.78 is 17.5. The zero-order chi connectivity index (χ0) is 33.9. The smallest absolute Gasteiger partial charge is 0.240 e. The minimum Gasteiger partial charge on any atom is -0.454 e. The standard InChI is InChI=1S/C44H24N6O2/c1-5-15-34-26(11-1)30-19-21-32-28-13-3-7-17-36(28)51-40(32)38(30)49(34)43-46-42(25-10-9-23-45-24-25)47-44(48-43)50-35-16-6-2-12-27(35)31-20-22-33-29-14-4-8-18-37(29)52-41(33)39(31)50/h1-24H. The van der Waals surface area contributed by atoms with Crippen molar-refractivity contribution in [3.8, 4) is 23.3 Å². The Hall–Kier alpha value is -7.32. The lowest BCUT2D eigenvalue weighted by molar-refractivity contribution is 0.670. The van der Waals surface area contributed by atoms with Crippen LogP contribution in [0.1, 0.15) is 0 Å². The number of rotatable bonds is 3. The number of hydrogen-bond acceptors (Lipinski definition) is 6. The van der Waals surface area contributed by atoms with Crippen LogP contribution in [0, 0.1) is 0 Å². The fraction of sp³-hybridized carbons (Fsp3) is 0. The zero-order valence-corrected chi connectivity index (χ0v) is 27.4. The van der Waals surface area contributed by atoms with E-state index in [0.717, 1.165) is 93.1 Å². The van der Waals surface area contributed by atoms with Crippen LogP contribution in [0.2, 0.25) is 0 Å². The lowest BCUT2D eigenvalue weighted by atomic mass is 10.1. The van der Waals surface area contributed by atoms with Gasteiger partial charge >= 0.3 is 0 Å². The molecule has 0 aliphatic carbocycles. The Labute approximate surface area is 293 Å². The maximum absolute atomic E-state index is 6.65. The van der Waals surface area contributed by atoms with Crippen LogP contribution in [0.4, 0.5) is 0 Å². The lowest BCUT2D eigenvalue weighted by Gasteiger charge is -2.12. The van der Waals surface area contributed by atoms with E-state index in [4.69, 9.17) is 23.8 Å². The monoisotopic (exact) mass is 668 g/mol. The van der Waals surface area contributed by atoms with Crippen LogP contribution in [-0.2, 0) is 0 Å². The summed E-state index contributed by atoms with van der Waals surface area (Å²) in [5.74, 6) is 1.43. The molecule has 6 aromatic carbocycles. The predicted molar refractivity (Wildman–Crippen MR) is 206 cm³/mol. The van der Waals surface area contributed by atoms with E-state index in [9.17, 15) is 0 Å². The van der Waals surface area contributed by atoms with Gasteiger partial charge in [0.15, 0.2) is 17.0 Å². The highest BCUT2D eigenvalue weighted by atomic mass is 16.3. The summed E-state index contributed by atoms with van der Waals surface area (Å²) in [5, 5.41) is 8.43. The highest BCUT2D eigenvalue weighted by Gasteiger charge is 2.25. The molecular weight excluding hydrogens is 645 g/mol. The molecule has 0 aliphatic heterocycles. The third-order valence-corrected chi connectivity index (χ3v) is 10.3.